The Morgan fingerprint density at radius 2 is 1.93 bits per heavy atom. The lowest BCUT2D eigenvalue weighted by molar-refractivity contribution is -0.159. The Morgan fingerprint density at radius 3 is 2.65 bits per heavy atom. The van der Waals surface area contributed by atoms with E-state index in [4.69, 9.17) is 9.47 Å². The van der Waals surface area contributed by atoms with E-state index in [9.17, 15) is 19.5 Å². The summed E-state index contributed by atoms with van der Waals surface area (Å²) >= 11 is 0. The molecule has 0 aliphatic carbocycles. The van der Waals surface area contributed by atoms with Crippen LogP contribution in [0.5, 0.6) is 0 Å². The van der Waals surface area contributed by atoms with E-state index in [2.05, 4.69) is 13.2 Å². The fourth-order valence-electron chi connectivity index (χ4n) is 7.01. The van der Waals surface area contributed by atoms with E-state index >= 15 is 0 Å². The van der Waals surface area contributed by atoms with Crippen LogP contribution in [-0.2, 0) is 23.9 Å². The Balaban J connectivity index is 1.49. The zero-order chi connectivity index (χ0) is 28.5. The minimum atomic E-state index is -1.18. The lowest BCUT2D eigenvalue weighted by Crippen LogP contribution is -2.56. The number of hydrogen-bond donors (Lipinski definition) is 1. The number of likely N-dealkylation sites (tertiary alicyclic amines) is 1. The molecule has 0 radical (unpaired) electrons. The molecule has 2 aromatic carbocycles. The van der Waals surface area contributed by atoms with E-state index in [0.29, 0.717) is 24.9 Å². The average molecular weight is 547 g/mol. The molecule has 3 aliphatic rings. The summed E-state index contributed by atoms with van der Waals surface area (Å²) in [4.78, 5) is 44.9. The molecule has 2 aromatic rings. The van der Waals surface area contributed by atoms with Crippen LogP contribution in [0.25, 0.3) is 10.8 Å². The van der Waals surface area contributed by atoms with Gasteiger partial charge >= 0.3 is 5.97 Å². The highest BCUT2D eigenvalue weighted by Crippen LogP contribution is 2.63. The molecule has 5 rings (SSSR count). The number of carbonyl (C=O) groups is 3. The summed E-state index contributed by atoms with van der Waals surface area (Å²) < 4.78 is 12.3. The SMILES string of the molecule is C=CCCCCOC(=O)[C@H]1[C@H]2C(=O)N(CCO)C(C(=O)N(CC=C)c3ccc4ccccc4c3)C23CC[C@]1(C)O3. The minimum absolute atomic E-state index is 0.0312. The number of fused-ring (bicyclic) bond motifs is 2. The van der Waals surface area contributed by atoms with Crippen molar-refractivity contribution in [3.05, 3.63) is 67.8 Å². The molecule has 2 amide bonds. The van der Waals surface area contributed by atoms with Gasteiger partial charge in [0.1, 0.15) is 17.6 Å². The summed E-state index contributed by atoms with van der Waals surface area (Å²) in [6.45, 7) is 9.56. The fraction of sp³-hybridized carbons (Fsp3) is 0.469. The first-order chi connectivity index (χ1) is 19.3. The molecule has 3 aliphatic heterocycles. The van der Waals surface area contributed by atoms with Gasteiger partial charge in [-0.15, -0.1) is 13.2 Å². The van der Waals surface area contributed by atoms with E-state index in [1.807, 2.05) is 55.5 Å². The molecule has 8 heteroatoms. The van der Waals surface area contributed by atoms with Crippen LogP contribution in [0.2, 0.25) is 0 Å². The number of allylic oxidation sites excluding steroid dienone is 1. The third kappa shape index (κ3) is 4.53. The highest BCUT2D eigenvalue weighted by molar-refractivity contribution is 6.05. The predicted molar refractivity (Wildman–Crippen MR) is 153 cm³/mol. The number of esters is 1. The van der Waals surface area contributed by atoms with Crippen LogP contribution in [-0.4, -0.2) is 71.3 Å². The first-order valence-corrected chi connectivity index (χ1v) is 14.1. The number of amides is 2. The number of carbonyl (C=O) groups excluding carboxylic acids is 3. The predicted octanol–water partition coefficient (Wildman–Crippen LogP) is 4.02. The van der Waals surface area contributed by atoms with Crippen molar-refractivity contribution in [2.75, 3.05) is 31.2 Å². The van der Waals surface area contributed by atoms with Gasteiger partial charge < -0.3 is 24.4 Å². The van der Waals surface area contributed by atoms with Gasteiger partial charge in [-0.2, -0.15) is 0 Å². The molecule has 3 heterocycles. The number of anilines is 1. The van der Waals surface area contributed by atoms with Crippen molar-refractivity contribution in [1.82, 2.24) is 4.90 Å². The molecule has 3 saturated heterocycles. The average Bonchev–Trinajstić information content (AvgIpc) is 3.52. The van der Waals surface area contributed by atoms with E-state index in [-0.39, 0.29) is 38.1 Å². The van der Waals surface area contributed by atoms with Crippen LogP contribution in [0, 0.1) is 11.8 Å². The first kappa shape index (κ1) is 28.1. The summed E-state index contributed by atoms with van der Waals surface area (Å²) in [5.74, 6) is -2.80. The number of nitrogens with zero attached hydrogens (tertiary/aromatic N) is 2. The number of hydrogen-bond acceptors (Lipinski definition) is 6. The Labute approximate surface area is 235 Å². The highest BCUT2D eigenvalue weighted by atomic mass is 16.6. The number of unbranched alkanes of at least 4 members (excludes halogenated alkanes) is 2. The number of ether oxygens (including phenoxy) is 2. The van der Waals surface area contributed by atoms with E-state index < -0.39 is 35.0 Å². The number of rotatable bonds is 12. The summed E-state index contributed by atoms with van der Waals surface area (Å²) in [6.07, 6.45) is 6.86. The third-order valence-electron chi connectivity index (χ3n) is 8.77. The maximum atomic E-state index is 14.5. The molecule has 1 N–H and O–H groups in total. The molecule has 0 saturated carbocycles. The smallest absolute Gasteiger partial charge is 0.312 e. The van der Waals surface area contributed by atoms with E-state index in [0.717, 1.165) is 23.6 Å². The second-order valence-corrected chi connectivity index (χ2v) is 11.2. The lowest BCUT2D eigenvalue weighted by Gasteiger charge is -2.36. The van der Waals surface area contributed by atoms with Crippen molar-refractivity contribution in [2.24, 2.45) is 11.8 Å². The normalized spacial score (nSPS) is 28.5. The van der Waals surface area contributed by atoms with Crippen LogP contribution in [0.4, 0.5) is 5.69 Å². The van der Waals surface area contributed by atoms with Crippen molar-refractivity contribution in [3.63, 3.8) is 0 Å². The maximum absolute atomic E-state index is 14.5. The van der Waals surface area contributed by atoms with Gasteiger partial charge in [0.25, 0.3) is 5.91 Å². The Bertz CT molecular complexity index is 1330. The molecule has 8 nitrogen and oxygen atoms in total. The van der Waals surface area contributed by atoms with Gasteiger partial charge in [0, 0.05) is 18.8 Å². The van der Waals surface area contributed by atoms with Crippen LogP contribution in [0.1, 0.15) is 39.0 Å². The zero-order valence-corrected chi connectivity index (χ0v) is 23.1. The Hall–Kier alpha value is -3.49. The monoisotopic (exact) mass is 546 g/mol. The van der Waals surface area contributed by atoms with Gasteiger partial charge in [-0.25, -0.2) is 0 Å². The quantitative estimate of drug-likeness (QED) is 0.246. The molecule has 1 spiro atoms. The Morgan fingerprint density at radius 1 is 1.15 bits per heavy atom. The molecule has 212 valence electrons. The van der Waals surface area contributed by atoms with E-state index in [1.165, 1.54) is 4.90 Å². The topological polar surface area (TPSA) is 96.4 Å². The summed E-state index contributed by atoms with van der Waals surface area (Å²) in [5.41, 5.74) is -1.41. The van der Waals surface area contributed by atoms with Crippen LogP contribution in [0.3, 0.4) is 0 Å². The molecule has 3 fully saturated rings. The summed E-state index contributed by atoms with van der Waals surface area (Å²) in [5, 5.41) is 11.9. The standard InChI is InChI=1S/C32H38N2O6/c1-4-6-7-10-20-39-30(38)26-25-28(36)34(18-19-35)27(32(25)16-15-31(26,3)40-32)29(37)33(17-5-2)24-14-13-22-11-8-9-12-23(22)21-24/h4-5,8-9,11-14,21,25-27,35H,1-2,6-7,10,15-20H2,3H3/t25-,26+,27?,31-,32?/m0/s1. The molecule has 5 atom stereocenters. The second kappa shape index (κ2) is 11.2. The molecular formula is C32H38N2O6. The van der Waals surface area contributed by atoms with Gasteiger partial charge in [0.05, 0.1) is 24.7 Å². The third-order valence-corrected chi connectivity index (χ3v) is 8.77. The van der Waals surface area contributed by atoms with Gasteiger partial charge in [-0.3, -0.25) is 14.4 Å². The van der Waals surface area contributed by atoms with Crippen molar-refractivity contribution in [2.45, 2.75) is 56.3 Å². The highest BCUT2D eigenvalue weighted by Gasteiger charge is 2.78. The number of benzene rings is 2. The number of aliphatic hydroxyl groups excluding tert-OH is 1. The van der Waals surface area contributed by atoms with Gasteiger partial charge in [0.15, 0.2) is 0 Å². The lowest BCUT2D eigenvalue weighted by atomic mass is 9.66. The second-order valence-electron chi connectivity index (χ2n) is 11.2. The summed E-state index contributed by atoms with van der Waals surface area (Å²) in [7, 11) is 0. The van der Waals surface area contributed by atoms with Crippen molar-refractivity contribution < 1.29 is 29.0 Å². The number of aliphatic hydroxyl groups is 1. The molecule has 2 unspecified atom stereocenters. The Kier molecular flexibility index (Phi) is 7.84. The van der Waals surface area contributed by atoms with E-state index in [1.54, 1.807) is 11.0 Å². The van der Waals surface area contributed by atoms with Crippen molar-refractivity contribution in [3.8, 4) is 0 Å². The van der Waals surface area contributed by atoms with Gasteiger partial charge in [0.2, 0.25) is 5.91 Å². The van der Waals surface area contributed by atoms with Gasteiger partial charge in [-0.05, 0) is 61.9 Å². The van der Waals surface area contributed by atoms with Crippen molar-refractivity contribution >= 4 is 34.2 Å². The zero-order valence-electron chi connectivity index (χ0n) is 23.1. The molecular weight excluding hydrogens is 508 g/mol. The van der Waals surface area contributed by atoms with Crippen LogP contribution in [0.15, 0.2) is 67.8 Å². The molecule has 40 heavy (non-hydrogen) atoms. The minimum Gasteiger partial charge on any atom is -0.465 e. The largest absolute Gasteiger partial charge is 0.465 e. The van der Waals surface area contributed by atoms with Gasteiger partial charge in [-0.1, -0.05) is 42.5 Å². The van der Waals surface area contributed by atoms with Crippen LogP contribution >= 0.6 is 0 Å². The first-order valence-electron chi connectivity index (χ1n) is 14.1. The molecule has 2 bridgehead atoms. The summed E-state index contributed by atoms with van der Waals surface area (Å²) in [6, 6.07) is 12.7. The maximum Gasteiger partial charge on any atom is 0.312 e. The fourth-order valence-corrected chi connectivity index (χ4v) is 7.01. The molecule has 0 aromatic heterocycles. The number of β-amino-alcohol motifs (C(OH)–C–C–N with tert-alkyl or cyclic N) is 1. The van der Waals surface area contributed by atoms with Crippen LogP contribution < -0.4 is 4.90 Å². The van der Waals surface area contributed by atoms with Crippen molar-refractivity contribution in [1.29, 1.82) is 0 Å².